The van der Waals surface area contributed by atoms with Gasteiger partial charge in [-0.1, -0.05) is 45.4 Å². The Balaban J connectivity index is 2.96. The van der Waals surface area contributed by atoms with E-state index in [9.17, 15) is 5.11 Å². The summed E-state index contributed by atoms with van der Waals surface area (Å²) in [4.78, 5) is 0. The third-order valence-corrected chi connectivity index (χ3v) is 2.78. The van der Waals surface area contributed by atoms with Crippen LogP contribution in [0, 0.1) is 0 Å². The summed E-state index contributed by atoms with van der Waals surface area (Å²) >= 11 is 0. The molecule has 0 heterocycles. The maximum absolute atomic E-state index is 9.99. The molecule has 1 nitrogen and oxygen atoms in total. The van der Waals surface area contributed by atoms with Gasteiger partial charge in [0.15, 0.2) is 0 Å². The molecule has 1 aromatic carbocycles. The number of hydrogen-bond acceptors (Lipinski definition) is 1. The Hall–Kier alpha value is -0.980. The molecule has 0 spiro atoms. The molecule has 0 bridgehead atoms. The minimum Gasteiger partial charge on any atom is -0.507 e. The predicted octanol–water partition coefficient (Wildman–Crippen LogP) is 3.86. The molecule has 0 amide bonds. The Morgan fingerprint density at radius 1 is 1.29 bits per heavy atom. The van der Waals surface area contributed by atoms with Crippen LogP contribution < -0.4 is 0 Å². The normalized spacial score (nSPS) is 12.8. The summed E-state index contributed by atoms with van der Waals surface area (Å²) in [7, 11) is 0. The molecule has 0 aliphatic carbocycles. The van der Waals surface area contributed by atoms with Gasteiger partial charge >= 0.3 is 0 Å². The third kappa shape index (κ3) is 2.28. The second kappa shape index (κ2) is 5.04. The van der Waals surface area contributed by atoms with Crippen molar-refractivity contribution >= 4 is 0 Å². The fourth-order valence-electron chi connectivity index (χ4n) is 1.88. The van der Waals surface area contributed by atoms with Gasteiger partial charge in [0.2, 0.25) is 0 Å². The zero-order valence-corrected chi connectivity index (χ0v) is 9.38. The van der Waals surface area contributed by atoms with Crippen molar-refractivity contribution in [3.05, 3.63) is 29.3 Å². The molecular weight excluding hydrogens is 172 g/mol. The van der Waals surface area contributed by atoms with Gasteiger partial charge in [0, 0.05) is 0 Å². The number of aryl methyl sites for hydroxylation is 1. The number of hydrogen-bond donors (Lipinski definition) is 1. The highest BCUT2D eigenvalue weighted by molar-refractivity contribution is 5.42. The van der Waals surface area contributed by atoms with E-state index in [1.807, 2.05) is 18.2 Å². The first-order valence-electron chi connectivity index (χ1n) is 5.51. The van der Waals surface area contributed by atoms with Crippen LogP contribution in [0.5, 0.6) is 5.75 Å². The van der Waals surface area contributed by atoms with Crippen LogP contribution >= 0.6 is 0 Å². The van der Waals surface area contributed by atoms with Gasteiger partial charge < -0.3 is 5.11 Å². The van der Waals surface area contributed by atoms with E-state index in [4.69, 9.17) is 0 Å². The number of rotatable bonds is 4. The number of para-hydroxylation sites is 1. The molecule has 0 radical (unpaired) electrons. The third-order valence-electron chi connectivity index (χ3n) is 2.78. The molecule has 0 aliphatic heterocycles. The van der Waals surface area contributed by atoms with Crippen molar-refractivity contribution in [2.24, 2.45) is 0 Å². The summed E-state index contributed by atoms with van der Waals surface area (Å²) in [5.74, 6) is 0.974. The van der Waals surface area contributed by atoms with Crippen molar-refractivity contribution in [2.45, 2.75) is 46.0 Å². The molecule has 0 aromatic heterocycles. The van der Waals surface area contributed by atoms with Crippen LogP contribution in [-0.2, 0) is 6.42 Å². The van der Waals surface area contributed by atoms with Crippen molar-refractivity contribution in [1.82, 2.24) is 0 Å². The molecule has 0 fully saturated rings. The van der Waals surface area contributed by atoms with Gasteiger partial charge in [0.05, 0.1) is 0 Å². The van der Waals surface area contributed by atoms with Gasteiger partial charge in [-0.25, -0.2) is 0 Å². The van der Waals surface area contributed by atoms with Crippen LogP contribution in [0.15, 0.2) is 18.2 Å². The SMILES string of the molecule is CCC[C@H](C)c1cccc(CC)c1O. The Morgan fingerprint density at radius 3 is 2.57 bits per heavy atom. The Kier molecular flexibility index (Phi) is 3.99. The highest BCUT2D eigenvalue weighted by Gasteiger charge is 2.11. The van der Waals surface area contributed by atoms with Gasteiger partial charge in [-0.15, -0.1) is 0 Å². The molecule has 14 heavy (non-hydrogen) atoms. The largest absolute Gasteiger partial charge is 0.507 e. The zero-order valence-electron chi connectivity index (χ0n) is 9.38. The van der Waals surface area contributed by atoms with Crippen molar-refractivity contribution < 1.29 is 5.11 Å². The fourth-order valence-corrected chi connectivity index (χ4v) is 1.88. The number of benzene rings is 1. The van der Waals surface area contributed by atoms with E-state index < -0.39 is 0 Å². The molecule has 1 heteroatoms. The van der Waals surface area contributed by atoms with Crippen molar-refractivity contribution in [3.8, 4) is 5.75 Å². The van der Waals surface area contributed by atoms with E-state index in [-0.39, 0.29) is 0 Å². The summed E-state index contributed by atoms with van der Waals surface area (Å²) in [6.45, 7) is 6.43. The van der Waals surface area contributed by atoms with Crippen molar-refractivity contribution in [3.63, 3.8) is 0 Å². The average molecular weight is 192 g/mol. The molecule has 78 valence electrons. The maximum atomic E-state index is 9.99. The average Bonchev–Trinajstić information content (AvgIpc) is 2.18. The molecule has 1 aromatic rings. The summed E-state index contributed by atoms with van der Waals surface area (Å²) in [6, 6.07) is 6.08. The Bertz CT molecular complexity index is 291. The lowest BCUT2D eigenvalue weighted by Crippen LogP contribution is -1.95. The lowest BCUT2D eigenvalue weighted by Gasteiger charge is -2.14. The van der Waals surface area contributed by atoms with Crippen molar-refractivity contribution in [2.75, 3.05) is 0 Å². The lowest BCUT2D eigenvalue weighted by molar-refractivity contribution is 0.454. The molecule has 1 N–H and O–H groups in total. The number of aromatic hydroxyl groups is 1. The summed E-state index contributed by atoms with van der Waals surface area (Å²) in [5, 5.41) is 9.99. The topological polar surface area (TPSA) is 20.2 Å². The highest BCUT2D eigenvalue weighted by atomic mass is 16.3. The van der Waals surface area contributed by atoms with E-state index in [0.717, 1.165) is 30.4 Å². The number of phenols is 1. The maximum Gasteiger partial charge on any atom is 0.122 e. The van der Waals surface area contributed by atoms with E-state index in [1.54, 1.807) is 0 Å². The first-order chi connectivity index (χ1) is 6.70. The van der Waals surface area contributed by atoms with Crippen LogP contribution in [0.3, 0.4) is 0 Å². The van der Waals surface area contributed by atoms with Crippen molar-refractivity contribution in [1.29, 1.82) is 0 Å². The summed E-state index contributed by atoms with van der Waals surface area (Å²) < 4.78 is 0. The molecule has 1 atom stereocenters. The molecule has 0 saturated carbocycles. The van der Waals surface area contributed by atoms with Gasteiger partial charge in [0.1, 0.15) is 5.75 Å². The van der Waals surface area contributed by atoms with Gasteiger partial charge in [-0.05, 0) is 29.9 Å². The van der Waals surface area contributed by atoms with Crippen LogP contribution in [0.4, 0.5) is 0 Å². The number of phenolic OH excluding ortho intramolecular Hbond substituents is 1. The molecular formula is C13H20O. The molecule has 0 unspecified atom stereocenters. The van der Waals surface area contributed by atoms with Gasteiger partial charge in [-0.3, -0.25) is 0 Å². The fraction of sp³-hybridized carbons (Fsp3) is 0.538. The predicted molar refractivity (Wildman–Crippen MR) is 60.8 cm³/mol. The summed E-state index contributed by atoms with van der Waals surface area (Å²) in [5.41, 5.74) is 2.16. The smallest absolute Gasteiger partial charge is 0.122 e. The van der Waals surface area contributed by atoms with E-state index in [0.29, 0.717) is 11.7 Å². The molecule has 0 aliphatic rings. The van der Waals surface area contributed by atoms with E-state index >= 15 is 0 Å². The zero-order chi connectivity index (χ0) is 10.6. The minimum atomic E-state index is 0.464. The Morgan fingerprint density at radius 2 is 2.00 bits per heavy atom. The van der Waals surface area contributed by atoms with Crippen LogP contribution in [0.1, 0.15) is 50.7 Å². The van der Waals surface area contributed by atoms with Crippen LogP contribution in [-0.4, -0.2) is 5.11 Å². The monoisotopic (exact) mass is 192 g/mol. The first-order valence-corrected chi connectivity index (χ1v) is 5.51. The van der Waals surface area contributed by atoms with E-state index in [2.05, 4.69) is 20.8 Å². The van der Waals surface area contributed by atoms with Crippen LogP contribution in [0.25, 0.3) is 0 Å². The second-order valence-corrected chi connectivity index (χ2v) is 3.90. The Labute approximate surface area is 86.8 Å². The van der Waals surface area contributed by atoms with E-state index in [1.165, 1.54) is 0 Å². The highest BCUT2D eigenvalue weighted by Crippen LogP contribution is 2.31. The van der Waals surface area contributed by atoms with Gasteiger partial charge in [0.25, 0.3) is 0 Å². The van der Waals surface area contributed by atoms with Gasteiger partial charge in [-0.2, -0.15) is 0 Å². The lowest BCUT2D eigenvalue weighted by atomic mass is 9.93. The summed E-state index contributed by atoms with van der Waals surface area (Å²) in [6.07, 6.45) is 3.20. The quantitative estimate of drug-likeness (QED) is 0.768. The molecule has 0 saturated heterocycles. The second-order valence-electron chi connectivity index (χ2n) is 3.90. The van der Waals surface area contributed by atoms with Crippen LogP contribution in [0.2, 0.25) is 0 Å². The first kappa shape index (κ1) is 11.1. The minimum absolute atomic E-state index is 0.464. The molecule has 1 rings (SSSR count). The standard InChI is InChI=1S/C13H20O/c1-4-7-10(3)12-9-6-8-11(5-2)13(12)14/h6,8-10,14H,4-5,7H2,1-3H3/t10-/m0/s1.